The molecule has 0 saturated carbocycles. The van der Waals surface area contributed by atoms with E-state index in [1.165, 1.54) is 118 Å². The first kappa shape index (κ1) is 32.5. The zero-order valence-corrected chi connectivity index (χ0v) is 32.8. The zero-order valence-electron chi connectivity index (χ0n) is 31.0. The molecule has 0 nitrogen and oxygen atoms in total. The number of rotatable bonds is 4. The van der Waals surface area contributed by atoms with E-state index >= 15 is 0 Å². The van der Waals surface area contributed by atoms with Crippen molar-refractivity contribution in [1.82, 2.24) is 0 Å². The normalized spacial score (nSPS) is 11.9. The molecule has 0 fully saturated rings. The van der Waals surface area contributed by atoms with E-state index in [2.05, 4.69) is 206 Å². The van der Waals surface area contributed by atoms with Crippen LogP contribution < -0.4 is 0 Å². The summed E-state index contributed by atoms with van der Waals surface area (Å²) in [5, 5.41) is 15.6. The van der Waals surface area contributed by atoms with Gasteiger partial charge in [0.2, 0.25) is 0 Å². The SMILES string of the molecule is c1ccc(-c2c3ccccc3c(-c3ccc4[se]c5c(-c6c7ccccc7c(-c7cccc8ccccc78)c7ccccc67)cccc5c4c3)c3ccccc23)cc1. The standard InChI is InChI=1S/C56H34Se/c1-2-17-36(18-3-1)52-40-21-6-8-23-42(40)53(43-24-9-7-22-41(43)52)37-32-33-51-50(34-37)48-30-15-31-49(56(48)57-51)55-46-27-12-10-25-44(46)54(45-26-11-13-28-47(45)55)39-29-14-19-35-16-4-5-20-38(35)39/h1-34H. The molecule has 0 N–H and O–H groups in total. The third-order valence-corrected chi connectivity index (χ3v) is 14.6. The summed E-state index contributed by atoms with van der Waals surface area (Å²) in [6, 6.07) is 76.8. The molecular formula is C56H34Se. The van der Waals surface area contributed by atoms with Crippen LogP contribution in [-0.4, -0.2) is 14.5 Å². The molecule has 264 valence electrons. The molecule has 0 saturated heterocycles. The first-order valence-corrected chi connectivity index (χ1v) is 21.4. The first-order chi connectivity index (χ1) is 28.3. The van der Waals surface area contributed by atoms with Crippen molar-refractivity contribution < 1.29 is 0 Å². The molecule has 0 aliphatic carbocycles. The van der Waals surface area contributed by atoms with Gasteiger partial charge in [-0.15, -0.1) is 0 Å². The summed E-state index contributed by atoms with van der Waals surface area (Å²) in [4.78, 5) is 0. The second-order valence-corrected chi connectivity index (χ2v) is 17.3. The molecule has 0 amide bonds. The summed E-state index contributed by atoms with van der Waals surface area (Å²) in [5.74, 6) is 0. The Morgan fingerprint density at radius 3 is 1.26 bits per heavy atom. The monoisotopic (exact) mass is 786 g/mol. The molecular weight excluding hydrogens is 752 g/mol. The van der Waals surface area contributed by atoms with Gasteiger partial charge in [0.15, 0.2) is 0 Å². The molecule has 57 heavy (non-hydrogen) atoms. The van der Waals surface area contributed by atoms with Gasteiger partial charge in [-0.05, 0) is 0 Å². The van der Waals surface area contributed by atoms with Crippen molar-refractivity contribution in [2.75, 3.05) is 0 Å². The summed E-state index contributed by atoms with van der Waals surface area (Å²) < 4.78 is 2.92. The molecule has 1 heteroatoms. The van der Waals surface area contributed by atoms with Crippen molar-refractivity contribution >= 4 is 87.7 Å². The van der Waals surface area contributed by atoms with E-state index in [4.69, 9.17) is 0 Å². The van der Waals surface area contributed by atoms with E-state index < -0.39 is 0 Å². The predicted molar refractivity (Wildman–Crippen MR) is 248 cm³/mol. The maximum absolute atomic E-state index is 2.49. The van der Waals surface area contributed by atoms with Crippen LogP contribution in [0.5, 0.6) is 0 Å². The summed E-state index contributed by atoms with van der Waals surface area (Å²) >= 11 is 0.150. The van der Waals surface area contributed by atoms with Gasteiger partial charge in [0.1, 0.15) is 0 Å². The predicted octanol–water partition coefficient (Wildman–Crippen LogP) is 15.5. The molecule has 1 aromatic heterocycles. The van der Waals surface area contributed by atoms with Gasteiger partial charge >= 0.3 is 338 Å². The van der Waals surface area contributed by atoms with Crippen LogP contribution in [0.3, 0.4) is 0 Å². The molecule has 0 radical (unpaired) electrons. The van der Waals surface area contributed by atoms with Crippen molar-refractivity contribution in [1.29, 1.82) is 0 Å². The van der Waals surface area contributed by atoms with Crippen LogP contribution in [0.15, 0.2) is 206 Å². The molecule has 1 heterocycles. The van der Waals surface area contributed by atoms with E-state index in [0.717, 1.165) is 0 Å². The van der Waals surface area contributed by atoms with Gasteiger partial charge in [-0.25, -0.2) is 0 Å². The topological polar surface area (TPSA) is 0 Å². The van der Waals surface area contributed by atoms with Gasteiger partial charge < -0.3 is 0 Å². The molecule has 0 spiro atoms. The van der Waals surface area contributed by atoms with Crippen LogP contribution >= 0.6 is 0 Å². The van der Waals surface area contributed by atoms with Crippen molar-refractivity contribution in [2.24, 2.45) is 0 Å². The Kier molecular flexibility index (Phi) is 7.35. The van der Waals surface area contributed by atoms with E-state index in [9.17, 15) is 0 Å². The Balaban J connectivity index is 1.12. The summed E-state index contributed by atoms with van der Waals surface area (Å²) in [7, 11) is 0. The Labute approximate surface area is 336 Å². The maximum atomic E-state index is 2.49. The minimum absolute atomic E-state index is 0.150. The average Bonchev–Trinajstić information content (AvgIpc) is 3.66. The Morgan fingerprint density at radius 1 is 0.246 bits per heavy atom. The zero-order chi connectivity index (χ0) is 37.5. The van der Waals surface area contributed by atoms with E-state index in [0.29, 0.717) is 0 Å². The fourth-order valence-corrected chi connectivity index (χ4v) is 12.2. The quantitative estimate of drug-likeness (QED) is 0.123. The van der Waals surface area contributed by atoms with E-state index in [-0.39, 0.29) is 14.5 Å². The van der Waals surface area contributed by atoms with Crippen LogP contribution in [0.4, 0.5) is 0 Å². The fraction of sp³-hybridized carbons (Fsp3) is 0. The summed E-state index contributed by atoms with van der Waals surface area (Å²) in [6.45, 7) is 0. The molecule has 12 aromatic rings. The summed E-state index contributed by atoms with van der Waals surface area (Å²) in [6.07, 6.45) is 0. The fourth-order valence-electron chi connectivity index (χ4n) is 9.66. The number of benzene rings is 11. The van der Waals surface area contributed by atoms with Crippen LogP contribution in [0.1, 0.15) is 0 Å². The van der Waals surface area contributed by atoms with E-state index in [1.54, 1.807) is 0 Å². The van der Waals surface area contributed by atoms with Crippen LogP contribution in [0.2, 0.25) is 0 Å². The second kappa shape index (κ2) is 12.9. The molecule has 0 aliphatic heterocycles. The third kappa shape index (κ3) is 4.93. The number of hydrogen-bond donors (Lipinski definition) is 0. The van der Waals surface area contributed by atoms with Crippen LogP contribution in [-0.2, 0) is 0 Å². The van der Waals surface area contributed by atoms with Crippen LogP contribution in [0, 0.1) is 0 Å². The number of fused-ring (bicyclic) bond motifs is 8. The molecule has 11 aromatic carbocycles. The average molecular weight is 786 g/mol. The van der Waals surface area contributed by atoms with Gasteiger partial charge in [0.05, 0.1) is 0 Å². The van der Waals surface area contributed by atoms with Crippen molar-refractivity contribution in [3.05, 3.63) is 206 Å². The van der Waals surface area contributed by atoms with Gasteiger partial charge in [0.25, 0.3) is 0 Å². The van der Waals surface area contributed by atoms with Gasteiger partial charge in [0, 0.05) is 0 Å². The molecule has 12 rings (SSSR count). The van der Waals surface area contributed by atoms with Crippen molar-refractivity contribution in [3.63, 3.8) is 0 Å². The Bertz CT molecular complexity index is 3450. The van der Waals surface area contributed by atoms with Gasteiger partial charge in [-0.3, -0.25) is 0 Å². The number of hydrogen-bond acceptors (Lipinski definition) is 0. The molecule has 0 aliphatic rings. The van der Waals surface area contributed by atoms with Crippen molar-refractivity contribution in [2.45, 2.75) is 0 Å². The summed E-state index contributed by atoms with van der Waals surface area (Å²) in [5.41, 5.74) is 10.4. The first-order valence-electron chi connectivity index (χ1n) is 19.7. The van der Waals surface area contributed by atoms with Gasteiger partial charge in [-0.2, -0.15) is 0 Å². The Morgan fingerprint density at radius 2 is 0.667 bits per heavy atom. The van der Waals surface area contributed by atoms with Crippen molar-refractivity contribution in [3.8, 4) is 44.5 Å². The van der Waals surface area contributed by atoms with Crippen LogP contribution in [0.25, 0.3) is 118 Å². The minimum atomic E-state index is 0.150. The second-order valence-electron chi connectivity index (χ2n) is 15.1. The third-order valence-electron chi connectivity index (χ3n) is 12.0. The molecule has 0 bridgehead atoms. The molecule has 0 unspecified atom stereocenters. The molecule has 0 atom stereocenters. The van der Waals surface area contributed by atoms with E-state index in [1.807, 2.05) is 0 Å². The van der Waals surface area contributed by atoms with Gasteiger partial charge in [-0.1, -0.05) is 0 Å². The Hall–Kier alpha value is -6.76.